The van der Waals surface area contributed by atoms with E-state index >= 15 is 0 Å². The number of aromatic nitrogens is 1. The number of rotatable bonds is 4. The van der Waals surface area contributed by atoms with E-state index in [2.05, 4.69) is 26.2 Å². The molecule has 1 aromatic heterocycles. The summed E-state index contributed by atoms with van der Waals surface area (Å²) in [6, 6.07) is 8.07. The summed E-state index contributed by atoms with van der Waals surface area (Å²) in [5.41, 5.74) is 1.97. The van der Waals surface area contributed by atoms with E-state index in [1.807, 2.05) is 24.3 Å². The van der Waals surface area contributed by atoms with Gasteiger partial charge in [0.1, 0.15) is 0 Å². The molecule has 3 nitrogen and oxygen atoms in total. The number of para-hydroxylation sites is 1. The molecule has 2 N–H and O–H groups in total. The topological polar surface area (TPSA) is 45.1 Å². The van der Waals surface area contributed by atoms with Crippen LogP contribution in [0.3, 0.4) is 0 Å². The van der Waals surface area contributed by atoms with E-state index in [1.54, 1.807) is 6.20 Å². The average Bonchev–Trinajstić information content (AvgIpc) is 2.29. The maximum atomic E-state index is 8.73. The lowest BCUT2D eigenvalue weighted by molar-refractivity contribution is 0.292. The van der Waals surface area contributed by atoms with Gasteiger partial charge in [0.15, 0.2) is 0 Å². The molecule has 2 rings (SSSR count). The summed E-state index contributed by atoms with van der Waals surface area (Å²) in [6.45, 7) is 0.962. The SMILES string of the molecule is OCCCNc1cccc2cc(Br)cnc12. The Morgan fingerprint density at radius 3 is 3.06 bits per heavy atom. The highest BCUT2D eigenvalue weighted by atomic mass is 79.9. The first-order valence-electron chi connectivity index (χ1n) is 5.20. The van der Waals surface area contributed by atoms with E-state index in [0.717, 1.165) is 34.0 Å². The predicted octanol–water partition coefficient (Wildman–Crippen LogP) is 2.79. The number of anilines is 1. The maximum Gasteiger partial charge on any atom is 0.0934 e. The molecule has 84 valence electrons. The summed E-state index contributed by atoms with van der Waals surface area (Å²) in [4.78, 5) is 4.39. The second-order valence-corrected chi connectivity index (χ2v) is 4.45. The minimum absolute atomic E-state index is 0.205. The lowest BCUT2D eigenvalue weighted by Crippen LogP contribution is -2.04. The van der Waals surface area contributed by atoms with Crippen molar-refractivity contribution < 1.29 is 5.11 Å². The second-order valence-electron chi connectivity index (χ2n) is 3.53. The second kappa shape index (κ2) is 5.27. The highest BCUT2D eigenvalue weighted by Crippen LogP contribution is 2.23. The van der Waals surface area contributed by atoms with Crippen molar-refractivity contribution in [3.05, 3.63) is 34.9 Å². The maximum absolute atomic E-state index is 8.73. The van der Waals surface area contributed by atoms with Crippen LogP contribution >= 0.6 is 15.9 Å². The van der Waals surface area contributed by atoms with Crippen molar-refractivity contribution in [3.8, 4) is 0 Å². The third-order valence-electron chi connectivity index (χ3n) is 2.33. The van der Waals surface area contributed by atoms with E-state index in [-0.39, 0.29) is 6.61 Å². The van der Waals surface area contributed by atoms with Gasteiger partial charge in [-0.2, -0.15) is 0 Å². The zero-order chi connectivity index (χ0) is 11.4. The number of fused-ring (bicyclic) bond motifs is 1. The molecule has 2 aromatic rings. The van der Waals surface area contributed by atoms with E-state index in [0.29, 0.717) is 0 Å². The molecule has 0 aliphatic rings. The summed E-state index contributed by atoms with van der Waals surface area (Å²) in [6.07, 6.45) is 2.53. The van der Waals surface area contributed by atoms with Gasteiger partial charge in [-0.05, 0) is 34.5 Å². The van der Waals surface area contributed by atoms with Crippen molar-refractivity contribution >= 4 is 32.5 Å². The molecule has 1 aromatic carbocycles. The molecular weight excluding hydrogens is 268 g/mol. The van der Waals surface area contributed by atoms with Gasteiger partial charge in [0, 0.05) is 29.2 Å². The number of hydrogen-bond acceptors (Lipinski definition) is 3. The monoisotopic (exact) mass is 280 g/mol. The first-order chi connectivity index (χ1) is 7.81. The first-order valence-corrected chi connectivity index (χ1v) is 5.99. The molecule has 4 heteroatoms. The fourth-order valence-electron chi connectivity index (χ4n) is 1.58. The highest BCUT2D eigenvalue weighted by molar-refractivity contribution is 9.10. The molecule has 0 saturated heterocycles. The van der Waals surface area contributed by atoms with E-state index in [4.69, 9.17) is 5.11 Å². The van der Waals surface area contributed by atoms with Crippen LogP contribution in [-0.2, 0) is 0 Å². The Morgan fingerprint density at radius 1 is 1.38 bits per heavy atom. The Balaban J connectivity index is 2.30. The van der Waals surface area contributed by atoms with Crippen molar-refractivity contribution in [2.45, 2.75) is 6.42 Å². The number of aliphatic hydroxyl groups excluding tert-OH is 1. The van der Waals surface area contributed by atoms with Crippen LogP contribution in [-0.4, -0.2) is 23.2 Å². The number of nitrogens with one attached hydrogen (secondary N) is 1. The van der Waals surface area contributed by atoms with Gasteiger partial charge in [-0.1, -0.05) is 12.1 Å². The van der Waals surface area contributed by atoms with Crippen LogP contribution in [0.5, 0.6) is 0 Å². The number of aliphatic hydroxyl groups is 1. The zero-order valence-corrected chi connectivity index (χ0v) is 10.4. The van der Waals surface area contributed by atoms with Crippen molar-refractivity contribution in [1.82, 2.24) is 4.98 Å². The highest BCUT2D eigenvalue weighted by Gasteiger charge is 2.01. The quantitative estimate of drug-likeness (QED) is 0.847. The van der Waals surface area contributed by atoms with Gasteiger partial charge in [0.05, 0.1) is 11.2 Å². The minimum atomic E-state index is 0.205. The molecule has 0 aliphatic heterocycles. The summed E-state index contributed by atoms with van der Waals surface area (Å²) in [5, 5.41) is 13.1. The fourth-order valence-corrected chi connectivity index (χ4v) is 1.93. The molecule has 0 radical (unpaired) electrons. The van der Waals surface area contributed by atoms with Gasteiger partial charge in [-0.15, -0.1) is 0 Å². The Bertz CT molecular complexity index is 487. The van der Waals surface area contributed by atoms with Crippen molar-refractivity contribution in [2.24, 2.45) is 0 Å². The summed E-state index contributed by atoms with van der Waals surface area (Å²) < 4.78 is 0.979. The fraction of sp³-hybridized carbons (Fsp3) is 0.250. The van der Waals surface area contributed by atoms with E-state index < -0.39 is 0 Å². The van der Waals surface area contributed by atoms with Crippen LogP contribution in [0.15, 0.2) is 34.9 Å². The first kappa shape index (κ1) is 11.4. The molecule has 0 saturated carbocycles. The van der Waals surface area contributed by atoms with Crippen LogP contribution in [0.2, 0.25) is 0 Å². The number of nitrogens with zero attached hydrogens (tertiary/aromatic N) is 1. The van der Waals surface area contributed by atoms with Crippen LogP contribution in [0, 0.1) is 0 Å². The van der Waals surface area contributed by atoms with Crippen molar-refractivity contribution in [1.29, 1.82) is 0 Å². The van der Waals surface area contributed by atoms with Crippen molar-refractivity contribution in [2.75, 3.05) is 18.5 Å². The molecule has 1 heterocycles. The minimum Gasteiger partial charge on any atom is -0.396 e. The standard InChI is InChI=1S/C12H13BrN2O/c13-10-7-9-3-1-4-11(12(9)15-8-10)14-5-2-6-16/h1,3-4,7-8,14,16H,2,5-6H2. The molecule has 0 aliphatic carbocycles. The molecule has 0 unspecified atom stereocenters. The average molecular weight is 281 g/mol. The van der Waals surface area contributed by atoms with Gasteiger partial charge in [0.25, 0.3) is 0 Å². The summed E-state index contributed by atoms with van der Waals surface area (Å²) in [7, 11) is 0. The van der Waals surface area contributed by atoms with Gasteiger partial charge in [0.2, 0.25) is 0 Å². The van der Waals surface area contributed by atoms with Gasteiger partial charge < -0.3 is 10.4 Å². The zero-order valence-electron chi connectivity index (χ0n) is 8.78. The van der Waals surface area contributed by atoms with E-state index in [1.165, 1.54) is 0 Å². The van der Waals surface area contributed by atoms with Gasteiger partial charge >= 0.3 is 0 Å². The third kappa shape index (κ3) is 2.51. The molecule has 0 amide bonds. The largest absolute Gasteiger partial charge is 0.396 e. The summed E-state index contributed by atoms with van der Waals surface area (Å²) >= 11 is 3.40. The van der Waals surface area contributed by atoms with Gasteiger partial charge in [-0.3, -0.25) is 4.98 Å². The molecule has 0 bridgehead atoms. The number of halogens is 1. The normalized spacial score (nSPS) is 10.6. The molecule has 0 spiro atoms. The number of pyridine rings is 1. The Kier molecular flexibility index (Phi) is 3.74. The lowest BCUT2D eigenvalue weighted by Gasteiger charge is -2.08. The smallest absolute Gasteiger partial charge is 0.0934 e. The van der Waals surface area contributed by atoms with E-state index in [9.17, 15) is 0 Å². The molecule has 0 atom stereocenters. The van der Waals surface area contributed by atoms with Crippen LogP contribution in [0.4, 0.5) is 5.69 Å². The third-order valence-corrected chi connectivity index (χ3v) is 2.76. The lowest BCUT2D eigenvalue weighted by atomic mass is 10.2. The Morgan fingerprint density at radius 2 is 2.25 bits per heavy atom. The Hall–Kier alpha value is -1.13. The van der Waals surface area contributed by atoms with Crippen LogP contribution in [0.1, 0.15) is 6.42 Å². The molecular formula is C12H13BrN2O. The Labute approximate surface area is 103 Å². The van der Waals surface area contributed by atoms with Crippen molar-refractivity contribution in [3.63, 3.8) is 0 Å². The van der Waals surface area contributed by atoms with Crippen LogP contribution in [0.25, 0.3) is 10.9 Å². The number of hydrogen-bond donors (Lipinski definition) is 2. The molecule has 0 fully saturated rings. The number of benzene rings is 1. The molecule has 16 heavy (non-hydrogen) atoms. The summed E-state index contributed by atoms with van der Waals surface area (Å²) in [5.74, 6) is 0. The van der Waals surface area contributed by atoms with Gasteiger partial charge in [-0.25, -0.2) is 0 Å². The van der Waals surface area contributed by atoms with Crippen LogP contribution < -0.4 is 5.32 Å². The predicted molar refractivity (Wildman–Crippen MR) is 69.6 cm³/mol.